The van der Waals surface area contributed by atoms with Gasteiger partial charge < -0.3 is 10.0 Å². The van der Waals surface area contributed by atoms with E-state index in [9.17, 15) is 4.79 Å². The third kappa shape index (κ3) is 3.93. The van der Waals surface area contributed by atoms with Crippen molar-refractivity contribution < 1.29 is 9.90 Å². The topological polar surface area (TPSA) is 40.5 Å². The van der Waals surface area contributed by atoms with Gasteiger partial charge in [0, 0.05) is 13.6 Å². The summed E-state index contributed by atoms with van der Waals surface area (Å²) in [5.41, 5.74) is 1.09. The molecule has 1 rings (SSSR count). The molecule has 0 saturated heterocycles. The highest BCUT2D eigenvalue weighted by Crippen LogP contribution is 2.26. The molecular weight excluding hydrogens is 238 g/mol. The molecule has 4 heteroatoms. The Morgan fingerprint density at radius 1 is 1.47 bits per heavy atom. The lowest BCUT2D eigenvalue weighted by Gasteiger charge is -2.21. The number of benzene rings is 1. The van der Waals surface area contributed by atoms with Crippen LogP contribution in [-0.2, 0) is 0 Å². The standard InChI is InChI=1S/C13H18ClNO2/c1-9(2)6-7-15(3)12-5-4-10(13(16)17)8-11(12)14/h4-5,8-9H,6-7H2,1-3H3,(H,16,17). The first-order chi connectivity index (χ1) is 7.91. The molecule has 1 aromatic rings. The van der Waals surface area contributed by atoms with Crippen LogP contribution in [0.25, 0.3) is 0 Å². The van der Waals surface area contributed by atoms with Crippen molar-refractivity contribution in [2.24, 2.45) is 5.92 Å². The third-order valence-corrected chi connectivity index (χ3v) is 2.95. The Kier molecular flexibility index (Phi) is 4.82. The van der Waals surface area contributed by atoms with Crippen LogP contribution in [0.4, 0.5) is 5.69 Å². The van der Waals surface area contributed by atoms with Gasteiger partial charge in [-0.05, 0) is 30.5 Å². The fraction of sp³-hybridized carbons (Fsp3) is 0.462. The van der Waals surface area contributed by atoms with Crippen LogP contribution in [0.3, 0.4) is 0 Å². The van der Waals surface area contributed by atoms with Gasteiger partial charge in [0.05, 0.1) is 16.3 Å². The quantitative estimate of drug-likeness (QED) is 0.875. The molecule has 0 radical (unpaired) electrons. The van der Waals surface area contributed by atoms with Crippen LogP contribution in [0.2, 0.25) is 5.02 Å². The Bertz CT molecular complexity index is 404. The lowest BCUT2D eigenvalue weighted by atomic mass is 10.1. The van der Waals surface area contributed by atoms with Crippen molar-refractivity contribution in [1.29, 1.82) is 0 Å². The molecule has 94 valence electrons. The number of halogens is 1. The predicted molar refractivity (Wildman–Crippen MR) is 71.1 cm³/mol. The van der Waals surface area contributed by atoms with Gasteiger partial charge in [0.15, 0.2) is 0 Å². The van der Waals surface area contributed by atoms with Crippen molar-refractivity contribution in [3.8, 4) is 0 Å². The number of rotatable bonds is 5. The number of anilines is 1. The second-order valence-electron chi connectivity index (χ2n) is 4.58. The maximum Gasteiger partial charge on any atom is 0.335 e. The van der Waals surface area contributed by atoms with Gasteiger partial charge in [0.25, 0.3) is 0 Å². The Morgan fingerprint density at radius 2 is 2.12 bits per heavy atom. The molecule has 0 aromatic heterocycles. The Labute approximate surface area is 107 Å². The zero-order valence-corrected chi connectivity index (χ0v) is 11.2. The van der Waals surface area contributed by atoms with Crippen LogP contribution < -0.4 is 4.90 Å². The summed E-state index contributed by atoms with van der Waals surface area (Å²) in [5.74, 6) is -0.321. The number of hydrogen-bond donors (Lipinski definition) is 1. The maximum absolute atomic E-state index is 10.8. The SMILES string of the molecule is CC(C)CCN(C)c1ccc(C(=O)O)cc1Cl. The Balaban J connectivity index is 2.81. The third-order valence-electron chi connectivity index (χ3n) is 2.65. The number of nitrogens with zero attached hydrogens (tertiary/aromatic N) is 1. The normalized spacial score (nSPS) is 10.6. The highest BCUT2D eigenvalue weighted by atomic mass is 35.5. The molecule has 0 spiro atoms. The van der Waals surface area contributed by atoms with E-state index in [-0.39, 0.29) is 5.56 Å². The van der Waals surface area contributed by atoms with Crippen LogP contribution in [0.5, 0.6) is 0 Å². The van der Waals surface area contributed by atoms with E-state index in [1.165, 1.54) is 6.07 Å². The van der Waals surface area contributed by atoms with Gasteiger partial charge in [0.1, 0.15) is 0 Å². The van der Waals surface area contributed by atoms with Crippen molar-refractivity contribution in [3.63, 3.8) is 0 Å². The first-order valence-electron chi connectivity index (χ1n) is 5.65. The van der Waals surface area contributed by atoms with Crippen LogP contribution in [0.1, 0.15) is 30.6 Å². The van der Waals surface area contributed by atoms with E-state index >= 15 is 0 Å². The van der Waals surface area contributed by atoms with E-state index in [1.807, 2.05) is 11.9 Å². The molecule has 0 amide bonds. The summed E-state index contributed by atoms with van der Waals surface area (Å²) in [6.07, 6.45) is 1.08. The van der Waals surface area contributed by atoms with Crippen molar-refractivity contribution in [2.75, 3.05) is 18.5 Å². The van der Waals surface area contributed by atoms with Crippen molar-refractivity contribution >= 4 is 23.3 Å². The van der Waals surface area contributed by atoms with Gasteiger partial charge in [0.2, 0.25) is 0 Å². The average molecular weight is 256 g/mol. The number of hydrogen-bond acceptors (Lipinski definition) is 2. The molecule has 0 aliphatic carbocycles. The van der Waals surface area contributed by atoms with E-state index in [0.717, 1.165) is 18.7 Å². The summed E-state index contributed by atoms with van der Waals surface area (Å²) in [6.45, 7) is 5.25. The summed E-state index contributed by atoms with van der Waals surface area (Å²) >= 11 is 6.08. The smallest absolute Gasteiger partial charge is 0.335 e. The number of carbonyl (C=O) groups is 1. The molecule has 0 atom stereocenters. The molecule has 0 bridgehead atoms. The van der Waals surface area contributed by atoms with Gasteiger partial charge in [-0.25, -0.2) is 4.79 Å². The molecule has 1 aromatic carbocycles. The van der Waals surface area contributed by atoms with Crippen LogP contribution in [0.15, 0.2) is 18.2 Å². The number of carboxylic acids is 1. The lowest BCUT2D eigenvalue weighted by molar-refractivity contribution is 0.0697. The molecule has 0 aliphatic heterocycles. The molecule has 0 aliphatic rings. The lowest BCUT2D eigenvalue weighted by Crippen LogP contribution is -2.20. The molecule has 0 fully saturated rings. The highest BCUT2D eigenvalue weighted by molar-refractivity contribution is 6.33. The van der Waals surface area contributed by atoms with Gasteiger partial charge in [-0.1, -0.05) is 25.4 Å². The second kappa shape index (κ2) is 5.92. The molecular formula is C13H18ClNO2. The molecule has 1 N–H and O–H groups in total. The second-order valence-corrected chi connectivity index (χ2v) is 4.98. The van der Waals surface area contributed by atoms with Crippen LogP contribution in [-0.4, -0.2) is 24.7 Å². The summed E-state index contributed by atoms with van der Waals surface area (Å²) in [7, 11) is 1.96. The summed E-state index contributed by atoms with van der Waals surface area (Å²) in [5, 5.41) is 9.33. The van der Waals surface area contributed by atoms with E-state index in [1.54, 1.807) is 12.1 Å². The average Bonchev–Trinajstić information content (AvgIpc) is 2.25. The van der Waals surface area contributed by atoms with E-state index in [4.69, 9.17) is 16.7 Å². The monoisotopic (exact) mass is 255 g/mol. The first kappa shape index (κ1) is 13.8. The van der Waals surface area contributed by atoms with Gasteiger partial charge in [-0.3, -0.25) is 0 Å². The minimum absolute atomic E-state index is 0.219. The van der Waals surface area contributed by atoms with Gasteiger partial charge >= 0.3 is 5.97 Å². The number of carboxylic acid groups (broad SMARTS) is 1. The van der Waals surface area contributed by atoms with Crippen molar-refractivity contribution in [1.82, 2.24) is 0 Å². The zero-order valence-electron chi connectivity index (χ0n) is 10.4. The molecule has 0 saturated carbocycles. The van der Waals surface area contributed by atoms with Crippen LogP contribution >= 0.6 is 11.6 Å². The minimum Gasteiger partial charge on any atom is -0.478 e. The summed E-state index contributed by atoms with van der Waals surface area (Å²) in [4.78, 5) is 12.8. The molecule has 0 heterocycles. The highest BCUT2D eigenvalue weighted by Gasteiger charge is 2.10. The first-order valence-corrected chi connectivity index (χ1v) is 6.03. The minimum atomic E-state index is -0.955. The molecule has 17 heavy (non-hydrogen) atoms. The van der Waals surface area contributed by atoms with Gasteiger partial charge in [-0.15, -0.1) is 0 Å². The fourth-order valence-electron chi connectivity index (χ4n) is 1.52. The summed E-state index contributed by atoms with van der Waals surface area (Å²) < 4.78 is 0. The van der Waals surface area contributed by atoms with Crippen molar-refractivity contribution in [2.45, 2.75) is 20.3 Å². The van der Waals surface area contributed by atoms with E-state index < -0.39 is 5.97 Å². The van der Waals surface area contributed by atoms with Gasteiger partial charge in [-0.2, -0.15) is 0 Å². The number of aromatic carboxylic acids is 1. The molecule has 0 unspecified atom stereocenters. The maximum atomic E-state index is 10.8. The van der Waals surface area contributed by atoms with Crippen LogP contribution in [0, 0.1) is 5.92 Å². The largest absolute Gasteiger partial charge is 0.478 e. The zero-order chi connectivity index (χ0) is 13.0. The van der Waals surface area contributed by atoms with Crippen molar-refractivity contribution in [3.05, 3.63) is 28.8 Å². The Morgan fingerprint density at radius 3 is 2.59 bits per heavy atom. The molecule has 3 nitrogen and oxygen atoms in total. The van der Waals surface area contributed by atoms with E-state index in [2.05, 4.69) is 13.8 Å². The summed E-state index contributed by atoms with van der Waals surface area (Å²) in [6, 6.07) is 4.83. The van der Waals surface area contributed by atoms with E-state index in [0.29, 0.717) is 10.9 Å². The predicted octanol–water partition coefficient (Wildman–Crippen LogP) is 3.52. The fourth-order valence-corrected chi connectivity index (χ4v) is 1.85. The Hall–Kier alpha value is -1.22.